The zero-order valence-electron chi connectivity index (χ0n) is 21.8. The highest BCUT2D eigenvalue weighted by molar-refractivity contribution is 7.92. The number of aryl methyl sites for hydroxylation is 2. The van der Waals surface area contributed by atoms with Gasteiger partial charge in [0.2, 0.25) is 11.8 Å². The standard InChI is InChI=1S/C29H35N3O4S/c1-5-24-14-10-11-15-27(24)32(37(35,36)25-18-16-22(3)17-19-25)21-28(33)31(26(6-2)29(34)30-4)20-23-12-8-7-9-13-23/h7-19,26H,5-6,20-21H2,1-4H3,(H,30,34)/t26-/m1/s1. The van der Waals surface area contributed by atoms with E-state index < -0.39 is 28.5 Å². The van der Waals surface area contributed by atoms with E-state index in [1.54, 1.807) is 36.4 Å². The fraction of sp³-hybridized carbons (Fsp3) is 0.310. The molecular formula is C29H35N3O4S. The van der Waals surface area contributed by atoms with E-state index in [0.717, 1.165) is 16.7 Å². The Hall–Kier alpha value is -3.65. The second-order valence-corrected chi connectivity index (χ2v) is 10.7. The van der Waals surface area contributed by atoms with Crippen LogP contribution in [0, 0.1) is 6.92 Å². The van der Waals surface area contributed by atoms with Gasteiger partial charge in [-0.25, -0.2) is 8.42 Å². The Labute approximate surface area is 220 Å². The van der Waals surface area contributed by atoms with Crippen LogP contribution in [0.25, 0.3) is 0 Å². The molecule has 0 spiro atoms. The first-order valence-electron chi connectivity index (χ1n) is 12.4. The minimum Gasteiger partial charge on any atom is -0.357 e. The second kappa shape index (κ2) is 12.5. The minimum absolute atomic E-state index is 0.102. The van der Waals surface area contributed by atoms with E-state index in [0.29, 0.717) is 18.5 Å². The van der Waals surface area contributed by atoms with Crippen LogP contribution in [0.4, 0.5) is 5.69 Å². The molecule has 0 heterocycles. The van der Waals surface area contributed by atoms with Crippen LogP contribution < -0.4 is 9.62 Å². The Kier molecular flexibility index (Phi) is 9.47. The summed E-state index contributed by atoms with van der Waals surface area (Å²) in [6.07, 6.45) is 0.975. The number of sulfonamides is 1. The summed E-state index contributed by atoms with van der Waals surface area (Å²) in [5, 5.41) is 2.64. The molecule has 0 aromatic heterocycles. The third-order valence-corrected chi connectivity index (χ3v) is 8.13. The lowest BCUT2D eigenvalue weighted by Gasteiger charge is -2.33. The van der Waals surface area contributed by atoms with E-state index in [2.05, 4.69) is 5.32 Å². The molecule has 8 heteroatoms. The number of hydrogen-bond acceptors (Lipinski definition) is 4. The molecule has 0 radical (unpaired) electrons. The molecule has 196 valence electrons. The Morgan fingerprint density at radius 2 is 1.51 bits per heavy atom. The summed E-state index contributed by atoms with van der Waals surface area (Å²) in [5.74, 6) is -0.755. The molecule has 0 saturated carbocycles. The van der Waals surface area contributed by atoms with E-state index in [9.17, 15) is 18.0 Å². The lowest BCUT2D eigenvalue weighted by Crippen LogP contribution is -2.51. The molecule has 0 unspecified atom stereocenters. The van der Waals surface area contributed by atoms with E-state index in [-0.39, 0.29) is 17.3 Å². The van der Waals surface area contributed by atoms with Crippen LogP contribution in [0.3, 0.4) is 0 Å². The van der Waals surface area contributed by atoms with E-state index in [1.807, 2.05) is 63.2 Å². The summed E-state index contributed by atoms with van der Waals surface area (Å²) >= 11 is 0. The van der Waals surface area contributed by atoms with Gasteiger partial charge in [0.05, 0.1) is 10.6 Å². The maximum Gasteiger partial charge on any atom is 0.264 e. The van der Waals surface area contributed by atoms with Gasteiger partial charge in [-0.2, -0.15) is 0 Å². The van der Waals surface area contributed by atoms with Gasteiger partial charge >= 0.3 is 0 Å². The normalized spacial score (nSPS) is 12.0. The number of nitrogens with zero attached hydrogens (tertiary/aromatic N) is 2. The first-order chi connectivity index (χ1) is 17.7. The molecule has 0 saturated heterocycles. The molecule has 0 aliphatic heterocycles. The fourth-order valence-corrected chi connectivity index (χ4v) is 5.72. The summed E-state index contributed by atoms with van der Waals surface area (Å²) in [4.78, 5) is 28.2. The average molecular weight is 522 g/mol. The molecule has 7 nitrogen and oxygen atoms in total. The van der Waals surface area contributed by atoms with Crippen molar-refractivity contribution in [3.63, 3.8) is 0 Å². The van der Waals surface area contributed by atoms with Gasteiger partial charge in [0, 0.05) is 13.6 Å². The predicted octanol–water partition coefficient (Wildman–Crippen LogP) is 4.31. The van der Waals surface area contributed by atoms with Gasteiger partial charge in [0.1, 0.15) is 12.6 Å². The van der Waals surface area contributed by atoms with Crippen LogP contribution in [0.2, 0.25) is 0 Å². The summed E-state index contributed by atoms with van der Waals surface area (Å²) < 4.78 is 29.0. The number of rotatable bonds is 11. The van der Waals surface area contributed by atoms with Crippen LogP contribution in [0.1, 0.15) is 37.0 Å². The topological polar surface area (TPSA) is 86.8 Å². The fourth-order valence-electron chi connectivity index (χ4n) is 4.27. The third kappa shape index (κ3) is 6.57. The van der Waals surface area contributed by atoms with Crippen molar-refractivity contribution in [3.8, 4) is 0 Å². The van der Waals surface area contributed by atoms with Crippen molar-refractivity contribution in [2.75, 3.05) is 17.9 Å². The molecule has 1 N–H and O–H groups in total. The van der Waals surface area contributed by atoms with Gasteiger partial charge in [-0.05, 0) is 49.1 Å². The highest BCUT2D eigenvalue weighted by atomic mass is 32.2. The largest absolute Gasteiger partial charge is 0.357 e. The van der Waals surface area contributed by atoms with Gasteiger partial charge in [-0.3, -0.25) is 13.9 Å². The Bertz CT molecular complexity index is 1310. The number of anilines is 1. The smallest absolute Gasteiger partial charge is 0.264 e. The van der Waals surface area contributed by atoms with Crippen molar-refractivity contribution < 1.29 is 18.0 Å². The van der Waals surface area contributed by atoms with Gasteiger partial charge < -0.3 is 10.2 Å². The molecule has 0 aliphatic rings. The molecule has 3 rings (SSSR count). The van der Waals surface area contributed by atoms with E-state index in [1.165, 1.54) is 16.3 Å². The lowest BCUT2D eigenvalue weighted by molar-refractivity contribution is -0.140. The summed E-state index contributed by atoms with van der Waals surface area (Å²) in [6, 6.07) is 22.4. The highest BCUT2D eigenvalue weighted by Crippen LogP contribution is 2.28. The van der Waals surface area contributed by atoms with Crippen molar-refractivity contribution in [2.24, 2.45) is 0 Å². The van der Waals surface area contributed by atoms with E-state index >= 15 is 0 Å². The van der Waals surface area contributed by atoms with Crippen LogP contribution >= 0.6 is 0 Å². The molecule has 37 heavy (non-hydrogen) atoms. The molecule has 0 bridgehead atoms. The number of amides is 2. The number of hydrogen-bond donors (Lipinski definition) is 1. The number of carbonyl (C=O) groups is 2. The van der Waals surface area contributed by atoms with Crippen molar-refractivity contribution >= 4 is 27.5 Å². The molecule has 0 aliphatic carbocycles. The summed E-state index contributed by atoms with van der Waals surface area (Å²) in [7, 11) is -2.55. The summed E-state index contributed by atoms with van der Waals surface area (Å²) in [6.45, 7) is 5.40. The Morgan fingerprint density at radius 3 is 2.11 bits per heavy atom. The van der Waals surface area contributed by atoms with Gasteiger partial charge in [-0.15, -0.1) is 0 Å². The zero-order valence-corrected chi connectivity index (χ0v) is 22.7. The van der Waals surface area contributed by atoms with Crippen LogP contribution in [0.15, 0.2) is 83.8 Å². The first-order valence-corrected chi connectivity index (χ1v) is 13.9. The van der Waals surface area contributed by atoms with Crippen molar-refractivity contribution in [1.82, 2.24) is 10.2 Å². The maximum absolute atomic E-state index is 13.9. The first kappa shape index (κ1) is 27.9. The number of para-hydroxylation sites is 1. The molecule has 0 fully saturated rings. The van der Waals surface area contributed by atoms with Gasteiger partial charge in [0.25, 0.3) is 10.0 Å². The second-order valence-electron chi connectivity index (χ2n) is 8.85. The van der Waals surface area contributed by atoms with E-state index in [4.69, 9.17) is 0 Å². The number of benzene rings is 3. The maximum atomic E-state index is 13.9. The third-order valence-electron chi connectivity index (χ3n) is 6.36. The van der Waals surface area contributed by atoms with Crippen molar-refractivity contribution in [2.45, 2.75) is 51.1 Å². The number of carbonyl (C=O) groups excluding carboxylic acids is 2. The van der Waals surface area contributed by atoms with Gasteiger partial charge in [0.15, 0.2) is 0 Å². The Morgan fingerprint density at radius 1 is 0.892 bits per heavy atom. The minimum atomic E-state index is -4.08. The predicted molar refractivity (Wildman–Crippen MR) is 147 cm³/mol. The average Bonchev–Trinajstić information content (AvgIpc) is 2.92. The monoisotopic (exact) mass is 521 g/mol. The quantitative estimate of drug-likeness (QED) is 0.408. The highest BCUT2D eigenvalue weighted by Gasteiger charge is 2.34. The van der Waals surface area contributed by atoms with Crippen LogP contribution in [-0.2, 0) is 32.6 Å². The lowest BCUT2D eigenvalue weighted by atomic mass is 10.1. The van der Waals surface area contributed by atoms with Crippen molar-refractivity contribution in [3.05, 3.63) is 95.6 Å². The van der Waals surface area contributed by atoms with Crippen molar-refractivity contribution in [1.29, 1.82) is 0 Å². The SMILES string of the molecule is CCc1ccccc1N(CC(=O)N(Cc1ccccc1)[C@H](CC)C(=O)NC)S(=O)(=O)c1ccc(C)cc1. The van der Waals surface area contributed by atoms with Crippen LogP contribution in [0.5, 0.6) is 0 Å². The van der Waals surface area contributed by atoms with Gasteiger partial charge in [-0.1, -0.05) is 80.1 Å². The molecular weight excluding hydrogens is 486 g/mol. The van der Waals surface area contributed by atoms with Crippen LogP contribution in [-0.4, -0.2) is 44.8 Å². The number of nitrogens with one attached hydrogen (secondary N) is 1. The number of likely N-dealkylation sites (N-methyl/N-ethyl adjacent to an activating group) is 1. The zero-order chi connectivity index (χ0) is 27.0. The molecule has 1 atom stereocenters. The summed E-state index contributed by atoms with van der Waals surface area (Å²) in [5.41, 5.74) is 3.03. The molecule has 2 amide bonds. The molecule has 3 aromatic carbocycles. The molecule has 3 aromatic rings. The Balaban J connectivity index is 2.09.